The quantitative estimate of drug-likeness (QED) is 0.141. The van der Waals surface area contributed by atoms with Crippen LogP contribution in [0.15, 0.2) is 71.7 Å². The maximum absolute atomic E-state index is 13.1. The third-order valence-corrected chi connectivity index (χ3v) is 11.9. The number of hydrazine groups is 1. The Morgan fingerprint density at radius 1 is 0.867 bits per heavy atom. The fraction of sp³-hybridized carbons (Fsp3) is 0.378. The Morgan fingerprint density at radius 2 is 1.62 bits per heavy atom. The van der Waals surface area contributed by atoms with Gasteiger partial charge in [-0.25, -0.2) is 9.69 Å². The van der Waals surface area contributed by atoms with Gasteiger partial charge < -0.3 is 24.1 Å². The van der Waals surface area contributed by atoms with Crippen LogP contribution in [0.2, 0.25) is 15.1 Å². The first-order chi connectivity index (χ1) is 29.0. The summed E-state index contributed by atoms with van der Waals surface area (Å²) in [6, 6.07) is 20.5. The number of ether oxygens (including phenoxy) is 4. The first kappa shape index (κ1) is 43.2. The molecule has 8 rings (SSSR count). The standard InChI is InChI=1S/C23H28N2O5.C22H21Cl3N4O/c1-5-30-20-11-15-16-10-13(26)6-8-18(16)24-22(17(15)12-19(20)27-2)14-7-9-21(28-3)25-23(14)29-4;1-14-20(22(30)27-28-11-3-2-4-12-28)26-29(19-10-9-17(24)13-18(19)25)21(14)15-5-7-16(23)8-6-15/h7,9,11-13,16,18,26H,5-6,8,10H2,1-4H3;5-10,13H,2-4,11-12H2,1H3,(H,27,30)/t13-,16-,18-;/m1./s1. The van der Waals surface area contributed by atoms with Crippen LogP contribution < -0.4 is 24.4 Å². The Kier molecular flexibility index (Phi) is 13.9. The Labute approximate surface area is 365 Å². The number of nitrogens with zero attached hydrogens (tertiary/aromatic N) is 5. The van der Waals surface area contributed by atoms with Crippen molar-refractivity contribution in [1.82, 2.24) is 25.2 Å². The lowest BCUT2D eigenvalue weighted by Crippen LogP contribution is -2.45. The van der Waals surface area contributed by atoms with Crippen LogP contribution in [0, 0.1) is 6.92 Å². The molecule has 1 saturated heterocycles. The fourth-order valence-electron chi connectivity index (χ4n) is 8.15. The Hall–Kier alpha value is -4.85. The van der Waals surface area contributed by atoms with Crippen molar-refractivity contribution in [2.75, 3.05) is 41.0 Å². The topological polar surface area (TPSA) is 133 Å². The number of halogens is 3. The van der Waals surface area contributed by atoms with E-state index in [4.69, 9.17) is 58.7 Å². The molecule has 316 valence electrons. The molecule has 2 N–H and O–H groups in total. The summed E-state index contributed by atoms with van der Waals surface area (Å²) in [5, 5.41) is 18.5. The number of amides is 1. The van der Waals surface area contributed by atoms with Crippen LogP contribution in [0.5, 0.6) is 23.3 Å². The third-order valence-electron chi connectivity index (χ3n) is 11.1. The Balaban J connectivity index is 0.000000181. The minimum Gasteiger partial charge on any atom is -0.493 e. The molecule has 0 spiro atoms. The Bertz CT molecular complexity index is 2360. The summed E-state index contributed by atoms with van der Waals surface area (Å²) in [5.41, 5.74) is 10.1. The molecule has 5 aromatic rings. The van der Waals surface area contributed by atoms with Gasteiger partial charge in [-0.1, -0.05) is 53.4 Å². The third kappa shape index (κ3) is 9.23. The van der Waals surface area contributed by atoms with Gasteiger partial charge in [0, 0.05) is 51.8 Å². The molecule has 12 nitrogen and oxygen atoms in total. The number of piperidine rings is 1. The zero-order chi connectivity index (χ0) is 42.5. The molecule has 0 radical (unpaired) electrons. The number of aromatic nitrogens is 3. The SMILES string of the molecule is CCOc1cc2c(cc1OC)C(c1ccc(OC)nc1OC)=N[C@@H]1CC[C@@H](O)C[C@H]21.Cc1c(C(=O)NN2CCCCC2)nn(-c2ccc(Cl)cc2Cl)c1-c1ccc(Cl)cc1. The number of rotatable bonds is 10. The lowest BCUT2D eigenvalue weighted by molar-refractivity contribution is 0.0743. The second kappa shape index (κ2) is 19.2. The lowest BCUT2D eigenvalue weighted by Gasteiger charge is -2.37. The lowest BCUT2D eigenvalue weighted by atomic mass is 9.74. The molecule has 2 fully saturated rings. The molecule has 60 heavy (non-hydrogen) atoms. The van der Waals surface area contributed by atoms with E-state index < -0.39 is 0 Å². The second-order valence-corrected chi connectivity index (χ2v) is 16.2. The zero-order valence-corrected chi connectivity index (χ0v) is 36.6. The molecule has 2 aliphatic heterocycles. The fourth-order valence-corrected chi connectivity index (χ4v) is 8.76. The molecule has 0 unspecified atom stereocenters. The van der Waals surface area contributed by atoms with Crippen LogP contribution in [0.1, 0.15) is 84.1 Å². The summed E-state index contributed by atoms with van der Waals surface area (Å²) < 4.78 is 23.9. The number of aliphatic hydroxyl groups excluding tert-OH is 1. The van der Waals surface area contributed by atoms with E-state index in [0.717, 1.165) is 78.0 Å². The van der Waals surface area contributed by atoms with Gasteiger partial charge in [0.25, 0.3) is 5.91 Å². The highest BCUT2D eigenvalue weighted by Gasteiger charge is 2.38. The second-order valence-electron chi connectivity index (χ2n) is 14.9. The molecule has 15 heteroatoms. The first-order valence-electron chi connectivity index (χ1n) is 20.1. The predicted molar refractivity (Wildman–Crippen MR) is 235 cm³/mol. The first-order valence-corrected chi connectivity index (χ1v) is 21.2. The van der Waals surface area contributed by atoms with E-state index in [2.05, 4.69) is 15.5 Å². The van der Waals surface area contributed by atoms with E-state index in [9.17, 15) is 9.90 Å². The monoisotopic (exact) mass is 874 g/mol. The summed E-state index contributed by atoms with van der Waals surface area (Å²) in [6.07, 6.45) is 5.29. The highest BCUT2D eigenvalue weighted by Crippen LogP contribution is 2.46. The molecular weight excluding hydrogens is 827 g/mol. The van der Waals surface area contributed by atoms with Gasteiger partial charge in [0.1, 0.15) is 0 Å². The maximum Gasteiger partial charge on any atom is 0.286 e. The highest BCUT2D eigenvalue weighted by atomic mass is 35.5. The van der Waals surface area contributed by atoms with E-state index in [1.54, 1.807) is 44.2 Å². The van der Waals surface area contributed by atoms with Crippen LogP contribution in [0.25, 0.3) is 16.9 Å². The highest BCUT2D eigenvalue weighted by molar-refractivity contribution is 6.35. The number of aliphatic hydroxyl groups is 1. The molecule has 1 amide bonds. The van der Waals surface area contributed by atoms with Crippen molar-refractivity contribution >= 4 is 46.4 Å². The van der Waals surface area contributed by atoms with Crippen LogP contribution in [0.4, 0.5) is 0 Å². The normalized spacial score (nSPS) is 18.6. The van der Waals surface area contributed by atoms with Crippen molar-refractivity contribution < 1.29 is 28.8 Å². The van der Waals surface area contributed by atoms with E-state index in [-0.39, 0.29) is 24.0 Å². The van der Waals surface area contributed by atoms with Crippen molar-refractivity contribution in [3.63, 3.8) is 0 Å². The molecule has 4 heterocycles. The van der Waals surface area contributed by atoms with Crippen molar-refractivity contribution in [2.45, 2.75) is 70.4 Å². The zero-order valence-electron chi connectivity index (χ0n) is 34.3. The van der Waals surface area contributed by atoms with Gasteiger partial charge >= 0.3 is 0 Å². The maximum atomic E-state index is 13.1. The number of benzene rings is 3. The average Bonchev–Trinajstić information content (AvgIpc) is 3.60. The number of carbonyl (C=O) groups is 1. The number of hydrogen-bond donors (Lipinski definition) is 2. The smallest absolute Gasteiger partial charge is 0.286 e. The summed E-state index contributed by atoms with van der Waals surface area (Å²) in [7, 11) is 4.80. The molecule has 3 aliphatic rings. The molecule has 0 bridgehead atoms. The number of hydrogen-bond acceptors (Lipinski definition) is 10. The van der Waals surface area contributed by atoms with Crippen LogP contribution in [-0.4, -0.2) is 89.7 Å². The largest absolute Gasteiger partial charge is 0.493 e. The van der Waals surface area contributed by atoms with E-state index in [1.807, 2.05) is 67.4 Å². The molecule has 1 aliphatic carbocycles. The summed E-state index contributed by atoms with van der Waals surface area (Å²) in [5.74, 6) is 2.21. The van der Waals surface area contributed by atoms with Crippen LogP contribution >= 0.6 is 34.8 Å². The van der Waals surface area contributed by atoms with Crippen molar-refractivity contribution in [3.8, 4) is 40.2 Å². The number of nitrogens with one attached hydrogen (secondary N) is 1. The minimum atomic E-state index is -0.314. The molecule has 3 atom stereocenters. The van der Waals surface area contributed by atoms with Crippen molar-refractivity contribution in [1.29, 1.82) is 0 Å². The molecule has 2 aromatic heterocycles. The molecular formula is C45H49Cl3N6O6. The number of pyridine rings is 1. The number of fused-ring (bicyclic) bond motifs is 3. The van der Waals surface area contributed by atoms with Crippen LogP contribution in [0.3, 0.4) is 0 Å². The van der Waals surface area contributed by atoms with Gasteiger partial charge in [-0.2, -0.15) is 10.1 Å². The predicted octanol–water partition coefficient (Wildman–Crippen LogP) is 9.29. The minimum absolute atomic E-state index is 0.0885. The van der Waals surface area contributed by atoms with Crippen molar-refractivity contribution in [2.24, 2.45) is 4.99 Å². The van der Waals surface area contributed by atoms with Crippen molar-refractivity contribution in [3.05, 3.63) is 110 Å². The van der Waals surface area contributed by atoms with Gasteiger partial charge in [0.15, 0.2) is 17.2 Å². The van der Waals surface area contributed by atoms with E-state index in [1.165, 1.54) is 6.42 Å². The van der Waals surface area contributed by atoms with E-state index in [0.29, 0.717) is 62.7 Å². The van der Waals surface area contributed by atoms with Gasteiger partial charge in [-0.15, -0.1) is 0 Å². The summed E-state index contributed by atoms with van der Waals surface area (Å²) in [6.45, 7) is 6.08. The van der Waals surface area contributed by atoms with E-state index >= 15 is 0 Å². The number of carbonyl (C=O) groups excluding carboxylic acids is 1. The average molecular weight is 876 g/mol. The van der Waals surface area contributed by atoms with Gasteiger partial charge in [-0.3, -0.25) is 15.2 Å². The van der Waals surface area contributed by atoms with Gasteiger partial charge in [-0.05, 0) is 100 Å². The Morgan fingerprint density at radius 3 is 2.30 bits per heavy atom. The van der Waals surface area contributed by atoms with Crippen LogP contribution in [-0.2, 0) is 0 Å². The summed E-state index contributed by atoms with van der Waals surface area (Å²) >= 11 is 18.6. The number of methoxy groups -OCH3 is 3. The number of aliphatic imine (C=N–C) groups is 1. The van der Waals surface area contributed by atoms with Gasteiger partial charge in [0.05, 0.1) is 67.8 Å². The molecule has 1 saturated carbocycles. The molecule has 3 aromatic carbocycles. The van der Waals surface area contributed by atoms with Gasteiger partial charge in [0.2, 0.25) is 11.8 Å². The summed E-state index contributed by atoms with van der Waals surface area (Å²) in [4.78, 5) is 22.6.